The van der Waals surface area contributed by atoms with E-state index >= 15 is 0 Å². The van der Waals surface area contributed by atoms with Gasteiger partial charge in [-0.1, -0.05) is 0 Å². The summed E-state index contributed by atoms with van der Waals surface area (Å²) in [6, 6.07) is 5.03. The minimum Gasteiger partial charge on any atom is -0.381 e. The van der Waals surface area contributed by atoms with Crippen LogP contribution >= 0.6 is 0 Å². The van der Waals surface area contributed by atoms with Crippen molar-refractivity contribution in [3.63, 3.8) is 0 Å². The Labute approximate surface area is 195 Å². The van der Waals surface area contributed by atoms with Crippen LogP contribution in [0.15, 0.2) is 24.5 Å². The predicted octanol–water partition coefficient (Wildman–Crippen LogP) is 3.06. The van der Waals surface area contributed by atoms with Crippen LogP contribution in [0.5, 0.6) is 0 Å². The number of pyridine rings is 1. The van der Waals surface area contributed by atoms with E-state index < -0.39 is 0 Å². The van der Waals surface area contributed by atoms with Crippen LogP contribution in [0, 0.1) is 17.2 Å². The Hall–Kier alpha value is -2.45. The Morgan fingerprint density at radius 3 is 2.85 bits per heavy atom. The van der Waals surface area contributed by atoms with Crippen molar-refractivity contribution in [2.45, 2.75) is 57.9 Å². The van der Waals surface area contributed by atoms with Crippen LogP contribution in [0.2, 0.25) is 0 Å². The van der Waals surface area contributed by atoms with Gasteiger partial charge in [-0.2, -0.15) is 5.10 Å². The summed E-state index contributed by atoms with van der Waals surface area (Å²) in [5.74, 6) is 1.57. The Balaban J connectivity index is 1.20. The zero-order valence-electron chi connectivity index (χ0n) is 19.6. The molecule has 2 atom stereocenters. The van der Waals surface area contributed by atoms with E-state index in [4.69, 9.17) is 10.1 Å². The van der Waals surface area contributed by atoms with Crippen LogP contribution in [0.25, 0.3) is 5.52 Å². The molecule has 0 saturated carbocycles. The van der Waals surface area contributed by atoms with Crippen molar-refractivity contribution in [1.82, 2.24) is 19.8 Å². The average molecular weight is 453 g/mol. The van der Waals surface area contributed by atoms with Gasteiger partial charge in [0, 0.05) is 38.4 Å². The summed E-state index contributed by atoms with van der Waals surface area (Å²) in [5, 5.41) is 15.3. The third kappa shape index (κ3) is 5.06. The van der Waals surface area contributed by atoms with E-state index in [1.807, 2.05) is 15.6 Å². The number of rotatable bonds is 6. The van der Waals surface area contributed by atoms with Crippen molar-refractivity contribution in [3.05, 3.63) is 30.1 Å². The van der Waals surface area contributed by atoms with Crippen LogP contribution in [-0.2, 0) is 16.0 Å². The quantitative estimate of drug-likeness (QED) is 0.704. The first-order valence-corrected chi connectivity index (χ1v) is 12.5. The van der Waals surface area contributed by atoms with Gasteiger partial charge in [0.25, 0.3) is 0 Å². The largest absolute Gasteiger partial charge is 0.381 e. The van der Waals surface area contributed by atoms with E-state index in [1.165, 1.54) is 50.8 Å². The highest BCUT2D eigenvalue weighted by molar-refractivity contribution is 6.08. The molecule has 0 spiro atoms. The van der Waals surface area contributed by atoms with Gasteiger partial charge in [0.05, 0.1) is 17.4 Å². The molecule has 2 aromatic heterocycles. The molecule has 33 heavy (non-hydrogen) atoms. The molecule has 0 radical (unpaired) electrons. The molecule has 8 heteroatoms. The van der Waals surface area contributed by atoms with Crippen molar-refractivity contribution in [1.29, 1.82) is 5.41 Å². The van der Waals surface area contributed by atoms with Gasteiger partial charge in [0.2, 0.25) is 11.9 Å². The number of aromatic nitrogens is 2. The van der Waals surface area contributed by atoms with Crippen LogP contribution in [-0.4, -0.2) is 65.3 Å². The SMILES string of the molecule is C[C@H]1C[C@H](Cc2ccn3ncc(N4CCC(=O)NC4=N)c3c2)CCN1CCC1CCOCC1. The highest BCUT2D eigenvalue weighted by atomic mass is 16.5. The molecule has 3 fully saturated rings. The number of ether oxygens (including phenoxy) is 1. The second-order valence-electron chi connectivity index (χ2n) is 10.0. The fourth-order valence-electron chi connectivity index (χ4n) is 5.73. The number of carbonyl (C=O) groups excluding carboxylic acids is 1. The van der Waals surface area contributed by atoms with E-state index in [-0.39, 0.29) is 11.9 Å². The minimum atomic E-state index is -0.0957. The van der Waals surface area contributed by atoms with Crippen LogP contribution < -0.4 is 10.2 Å². The topological polar surface area (TPSA) is 86.0 Å². The first-order valence-electron chi connectivity index (χ1n) is 12.5. The Bertz CT molecular complexity index is 998. The van der Waals surface area contributed by atoms with Gasteiger partial charge in [-0.05, 0) is 88.1 Å². The van der Waals surface area contributed by atoms with E-state index in [0.717, 1.165) is 36.8 Å². The molecule has 0 unspecified atom stereocenters. The number of fused-ring (bicyclic) bond motifs is 1. The number of nitrogens with one attached hydrogen (secondary N) is 2. The Kier molecular flexibility index (Phi) is 6.64. The molecule has 2 aromatic rings. The van der Waals surface area contributed by atoms with Crippen LogP contribution in [0.1, 0.15) is 51.0 Å². The van der Waals surface area contributed by atoms with Crippen molar-refractivity contribution < 1.29 is 9.53 Å². The van der Waals surface area contributed by atoms with Crippen molar-refractivity contribution >= 4 is 23.1 Å². The standard InChI is InChI=1S/C25H36N6O2/c1-18-14-20(3-9-29(18)8-2-19-6-12-33-13-7-19)15-21-4-11-31-22(16-21)23(17-27-31)30-10-5-24(32)28-25(30)26/h4,11,16-20H,2-3,5-10,12-15H2,1H3,(H2,26,28,32)/t18-,20+/m0/s1. The summed E-state index contributed by atoms with van der Waals surface area (Å²) in [6.45, 7) is 7.21. The molecule has 1 amide bonds. The molecule has 178 valence electrons. The molecule has 0 aromatic carbocycles. The summed E-state index contributed by atoms with van der Waals surface area (Å²) < 4.78 is 7.37. The van der Waals surface area contributed by atoms with Crippen molar-refractivity contribution in [3.8, 4) is 0 Å². The molecule has 0 aliphatic carbocycles. The third-order valence-corrected chi connectivity index (χ3v) is 7.76. The maximum Gasteiger partial charge on any atom is 0.228 e. The lowest BCUT2D eigenvalue weighted by atomic mass is 9.86. The van der Waals surface area contributed by atoms with Gasteiger partial charge in [-0.3, -0.25) is 15.5 Å². The van der Waals surface area contributed by atoms with Gasteiger partial charge in [-0.15, -0.1) is 0 Å². The minimum absolute atomic E-state index is 0.0957. The number of amides is 1. The van der Waals surface area contributed by atoms with Gasteiger partial charge < -0.3 is 14.5 Å². The van der Waals surface area contributed by atoms with E-state index in [9.17, 15) is 4.79 Å². The number of anilines is 1. The van der Waals surface area contributed by atoms with Crippen LogP contribution in [0.4, 0.5) is 5.69 Å². The van der Waals surface area contributed by atoms with Gasteiger partial charge in [-0.25, -0.2) is 4.52 Å². The lowest BCUT2D eigenvalue weighted by molar-refractivity contribution is -0.119. The maximum atomic E-state index is 11.6. The number of piperidine rings is 1. The number of likely N-dealkylation sites (tertiary alicyclic amines) is 1. The van der Waals surface area contributed by atoms with Crippen LogP contribution in [0.3, 0.4) is 0 Å². The third-order valence-electron chi connectivity index (χ3n) is 7.76. The van der Waals surface area contributed by atoms with E-state index in [2.05, 4.69) is 34.4 Å². The smallest absolute Gasteiger partial charge is 0.228 e. The molecule has 3 aliphatic heterocycles. The zero-order valence-corrected chi connectivity index (χ0v) is 19.6. The van der Waals surface area contributed by atoms with Gasteiger partial charge in [0.1, 0.15) is 0 Å². The lowest BCUT2D eigenvalue weighted by Crippen LogP contribution is -2.50. The fourth-order valence-corrected chi connectivity index (χ4v) is 5.73. The fraction of sp³-hybridized carbons (Fsp3) is 0.640. The first kappa shape index (κ1) is 22.3. The predicted molar refractivity (Wildman–Crippen MR) is 129 cm³/mol. The second-order valence-corrected chi connectivity index (χ2v) is 10.0. The summed E-state index contributed by atoms with van der Waals surface area (Å²) in [5.41, 5.74) is 3.21. The molecule has 5 heterocycles. The number of carbonyl (C=O) groups is 1. The van der Waals surface area contributed by atoms with Crippen molar-refractivity contribution in [2.24, 2.45) is 11.8 Å². The molecular formula is C25H36N6O2. The van der Waals surface area contributed by atoms with E-state index in [1.54, 1.807) is 6.20 Å². The maximum absolute atomic E-state index is 11.6. The Morgan fingerprint density at radius 2 is 2.06 bits per heavy atom. The monoisotopic (exact) mass is 452 g/mol. The molecule has 2 N–H and O–H groups in total. The molecule has 5 rings (SSSR count). The highest BCUT2D eigenvalue weighted by Gasteiger charge is 2.27. The number of hydrogen-bond donors (Lipinski definition) is 2. The molecule has 8 nitrogen and oxygen atoms in total. The second kappa shape index (κ2) is 9.81. The highest BCUT2D eigenvalue weighted by Crippen LogP contribution is 2.29. The van der Waals surface area contributed by atoms with Gasteiger partial charge >= 0.3 is 0 Å². The molecule has 3 aliphatic rings. The number of nitrogens with zero attached hydrogens (tertiary/aromatic N) is 4. The van der Waals surface area contributed by atoms with Crippen molar-refractivity contribution in [2.75, 3.05) is 37.7 Å². The first-order chi connectivity index (χ1) is 16.1. The molecule has 3 saturated heterocycles. The zero-order chi connectivity index (χ0) is 22.8. The van der Waals surface area contributed by atoms with Gasteiger partial charge in [0.15, 0.2) is 0 Å². The molecule has 0 bridgehead atoms. The summed E-state index contributed by atoms with van der Waals surface area (Å²) in [4.78, 5) is 16.1. The summed E-state index contributed by atoms with van der Waals surface area (Å²) >= 11 is 0. The number of hydrogen-bond acceptors (Lipinski definition) is 5. The molecular weight excluding hydrogens is 416 g/mol. The number of guanidine groups is 1. The average Bonchev–Trinajstić information content (AvgIpc) is 3.22. The summed E-state index contributed by atoms with van der Waals surface area (Å²) in [6.07, 6.45) is 11.5. The normalized spacial score (nSPS) is 25.5. The summed E-state index contributed by atoms with van der Waals surface area (Å²) in [7, 11) is 0. The lowest BCUT2D eigenvalue weighted by Gasteiger charge is -2.38. The van der Waals surface area contributed by atoms with E-state index in [0.29, 0.717) is 24.9 Å². The Morgan fingerprint density at radius 1 is 1.21 bits per heavy atom.